The van der Waals surface area contributed by atoms with Gasteiger partial charge in [-0.15, -0.1) is 0 Å². The van der Waals surface area contributed by atoms with Crippen molar-refractivity contribution in [3.8, 4) is 0 Å². The molecule has 0 aliphatic carbocycles. The maximum Gasteiger partial charge on any atom is 0.225 e. The Labute approximate surface area is 83.6 Å². The van der Waals surface area contributed by atoms with Crippen LogP contribution in [0.2, 0.25) is 0 Å². The maximum absolute atomic E-state index is 9.17. The maximum atomic E-state index is 9.17. The molecule has 0 aliphatic heterocycles. The third-order valence-corrected chi connectivity index (χ3v) is 1.81. The van der Waals surface area contributed by atoms with Gasteiger partial charge in [0.2, 0.25) is 5.95 Å². The second-order valence-corrected chi connectivity index (χ2v) is 3.32. The van der Waals surface area contributed by atoms with E-state index in [-0.39, 0.29) is 0 Å². The van der Waals surface area contributed by atoms with Crippen molar-refractivity contribution in [3.05, 3.63) is 18.0 Å². The van der Waals surface area contributed by atoms with E-state index in [0.717, 1.165) is 5.56 Å². The van der Waals surface area contributed by atoms with Crippen molar-refractivity contribution < 1.29 is 5.11 Å². The highest BCUT2D eigenvalue weighted by Crippen LogP contribution is 2.04. The number of hydrogen-bond acceptors (Lipinski definition) is 5. The zero-order valence-corrected chi connectivity index (χ0v) is 8.51. The minimum Gasteiger partial charge on any atom is -0.392 e. The molecule has 1 aromatic heterocycles. The Hall–Kier alpha value is -1.20. The highest BCUT2D eigenvalue weighted by Gasteiger charge is 2.06. The van der Waals surface area contributed by atoms with Gasteiger partial charge in [0.05, 0.1) is 6.10 Å². The van der Waals surface area contributed by atoms with Crippen LogP contribution < -0.4 is 10.6 Å². The zero-order chi connectivity index (χ0) is 10.6. The summed E-state index contributed by atoms with van der Waals surface area (Å²) in [5.41, 5.74) is 6.33. The van der Waals surface area contributed by atoms with Crippen LogP contribution in [0.4, 0.5) is 5.95 Å². The molecule has 1 aromatic rings. The molecule has 1 heterocycles. The van der Waals surface area contributed by atoms with E-state index < -0.39 is 6.10 Å². The fraction of sp³-hybridized carbons (Fsp3) is 0.556. The van der Waals surface area contributed by atoms with Crippen LogP contribution in [0.5, 0.6) is 0 Å². The first-order valence-electron chi connectivity index (χ1n) is 4.53. The Morgan fingerprint density at radius 2 is 2.07 bits per heavy atom. The normalized spacial score (nSPS) is 12.6. The number of rotatable bonds is 4. The van der Waals surface area contributed by atoms with Gasteiger partial charge in [-0.05, 0) is 6.92 Å². The summed E-state index contributed by atoms with van der Waals surface area (Å²) in [5, 5.41) is 9.17. The van der Waals surface area contributed by atoms with Gasteiger partial charge in [0, 0.05) is 38.1 Å². The summed E-state index contributed by atoms with van der Waals surface area (Å²) in [6, 6.07) is 0. The Bertz CT molecular complexity index is 273. The quantitative estimate of drug-likeness (QED) is 0.694. The molecule has 78 valence electrons. The van der Waals surface area contributed by atoms with Crippen molar-refractivity contribution in [2.45, 2.75) is 19.6 Å². The van der Waals surface area contributed by atoms with E-state index in [1.54, 1.807) is 24.2 Å². The summed E-state index contributed by atoms with van der Waals surface area (Å²) >= 11 is 0. The predicted molar refractivity (Wildman–Crippen MR) is 54.9 cm³/mol. The van der Waals surface area contributed by atoms with E-state index in [9.17, 15) is 0 Å². The summed E-state index contributed by atoms with van der Waals surface area (Å²) in [4.78, 5) is 10.0. The number of aliphatic hydroxyl groups is 1. The van der Waals surface area contributed by atoms with Gasteiger partial charge in [-0.3, -0.25) is 0 Å². The second-order valence-electron chi connectivity index (χ2n) is 3.32. The monoisotopic (exact) mass is 196 g/mol. The SMILES string of the molecule is CC(O)CN(C)c1ncc(CN)cn1. The molecule has 0 aliphatic rings. The fourth-order valence-electron chi connectivity index (χ4n) is 1.13. The molecule has 0 bridgehead atoms. The number of nitrogens with two attached hydrogens (primary N) is 1. The van der Waals surface area contributed by atoms with Crippen molar-refractivity contribution in [3.63, 3.8) is 0 Å². The molecule has 0 fully saturated rings. The van der Waals surface area contributed by atoms with Crippen molar-refractivity contribution in [1.82, 2.24) is 9.97 Å². The molecule has 14 heavy (non-hydrogen) atoms. The van der Waals surface area contributed by atoms with Gasteiger partial charge < -0.3 is 15.7 Å². The van der Waals surface area contributed by atoms with Crippen molar-refractivity contribution in [2.75, 3.05) is 18.5 Å². The molecule has 0 saturated heterocycles. The van der Waals surface area contributed by atoms with Crippen LogP contribution in [0, 0.1) is 0 Å². The van der Waals surface area contributed by atoms with Crippen LogP contribution >= 0.6 is 0 Å². The highest BCUT2D eigenvalue weighted by atomic mass is 16.3. The van der Waals surface area contributed by atoms with Gasteiger partial charge >= 0.3 is 0 Å². The van der Waals surface area contributed by atoms with Crippen LogP contribution in [0.1, 0.15) is 12.5 Å². The summed E-state index contributed by atoms with van der Waals surface area (Å²) in [5.74, 6) is 0.600. The number of hydrogen-bond donors (Lipinski definition) is 2. The van der Waals surface area contributed by atoms with E-state index in [2.05, 4.69) is 9.97 Å². The topological polar surface area (TPSA) is 75.3 Å². The lowest BCUT2D eigenvalue weighted by Crippen LogP contribution is -2.28. The zero-order valence-electron chi connectivity index (χ0n) is 8.51. The van der Waals surface area contributed by atoms with Crippen molar-refractivity contribution in [2.24, 2.45) is 5.73 Å². The molecule has 0 radical (unpaired) electrons. The van der Waals surface area contributed by atoms with E-state index >= 15 is 0 Å². The Morgan fingerprint density at radius 3 is 2.50 bits per heavy atom. The Kier molecular flexibility index (Phi) is 3.79. The number of likely N-dealkylation sites (N-methyl/N-ethyl adjacent to an activating group) is 1. The van der Waals surface area contributed by atoms with E-state index in [1.165, 1.54) is 0 Å². The molecule has 0 spiro atoms. The van der Waals surface area contributed by atoms with Gasteiger partial charge in [-0.25, -0.2) is 9.97 Å². The van der Waals surface area contributed by atoms with Gasteiger partial charge in [0.15, 0.2) is 0 Å². The van der Waals surface area contributed by atoms with Crippen molar-refractivity contribution in [1.29, 1.82) is 0 Å². The molecule has 1 unspecified atom stereocenters. The van der Waals surface area contributed by atoms with Crippen LogP contribution in [-0.4, -0.2) is 34.8 Å². The molecule has 0 saturated carbocycles. The van der Waals surface area contributed by atoms with Gasteiger partial charge in [-0.1, -0.05) is 0 Å². The lowest BCUT2D eigenvalue weighted by Gasteiger charge is -2.18. The summed E-state index contributed by atoms with van der Waals surface area (Å²) in [6.07, 6.45) is 3.00. The van der Waals surface area contributed by atoms with E-state index in [0.29, 0.717) is 19.0 Å². The molecule has 0 aromatic carbocycles. The lowest BCUT2D eigenvalue weighted by molar-refractivity contribution is 0.201. The Morgan fingerprint density at radius 1 is 1.50 bits per heavy atom. The standard InChI is InChI=1S/C9H16N4O/c1-7(14)6-13(2)9-11-4-8(3-10)5-12-9/h4-5,7,14H,3,6,10H2,1-2H3. The Balaban J connectivity index is 2.66. The molecule has 1 rings (SSSR count). The predicted octanol–water partition coefficient (Wildman–Crippen LogP) is -0.248. The first-order valence-corrected chi connectivity index (χ1v) is 4.53. The first kappa shape index (κ1) is 10.9. The van der Waals surface area contributed by atoms with Crippen molar-refractivity contribution >= 4 is 5.95 Å². The van der Waals surface area contributed by atoms with E-state index in [1.807, 2.05) is 7.05 Å². The van der Waals surface area contributed by atoms with Crippen LogP contribution in [0.3, 0.4) is 0 Å². The number of anilines is 1. The fourth-order valence-corrected chi connectivity index (χ4v) is 1.13. The third kappa shape index (κ3) is 2.93. The van der Waals surface area contributed by atoms with Crippen LogP contribution in [0.15, 0.2) is 12.4 Å². The lowest BCUT2D eigenvalue weighted by atomic mass is 10.3. The molecule has 5 nitrogen and oxygen atoms in total. The largest absolute Gasteiger partial charge is 0.392 e. The van der Waals surface area contributed by atoms with E-state index in [4.69, 9.17) is 10.8 Å². The molecular weight excluding hydrogens is 180 g/mol. The first-order chi connectivity index (χ1) is 6.63. The molecular formula is C9H16N4O. The average Bonchev–Trinajstić information content (AvgIpc) is 2.17. The minimum absolute atomic E-state index is 0.391. The average molecular weight is 196 g/mol. The molecule has 1 atom stereocenters. The smallest absolute Gasteiger partial charge is 0.225 e. The number of aliphatic hydroxyl groups excluding tert-OH is 1. The van der Waals surface area contributed by atoms with Gasteiger partial charge in [-0.2, -0.15) is 0 Å². The van der Waals surface area contributed by atoms with Gasteiger partial charge in [0.1, 0.15) is 0 Å². The molecule has 0 amide bonds. The van der Waals surface area contributed by atoms with Gasteiger partial charge in [0.25, 0.3) is 0 Å². The summed E-state index contributed by atoms with van der Waals surface area (Å²) in [7, 11) is 1.84. The molecule has 5 heteroatoms. The number of nitrogens with zero attached hydrogens (tertiary/aromatic N) is 3. The van der Waals surface area contributed by atoms with Crippen LogP contribution in [-0.2, 0) is 6.54 Å². The van der Waals surface area contributed by atoms with Crippen LogP contribution in [0.25, 0.3) is 0 Å². The molecule has 3 N–H and O–H groups in total. The number of aromatic nitrogens is 2. The highest BCUT2D eigenvalue weighted by molar-refractivity contribution is 5.28. The second kappa shape index (κ2) is 4.88. The summed E-state index contributed by atoms with van der Waals surface area (Å²) in [6.45, 7) is 2.69. The summed E-state index contributed by atoms with van der Waals surface area (Å²) < 4.78 is 0. The third-order valence-electron chi connectivity index (χ3n) is 1.81. The minimum atomic E-state index is -0.391.